The van der Waals surface area contributed by atoms with Gasteiger partial charge >= 0.3 is 0 Å². The van der Waals surface area contributed by atoms with Gasteiger partial charge in [0.25, 0.3) is 5.91 Å². The molecule has 2 aromatic carbocycles. The van der Waals surface area contributed by atoms with Gasteiger partial charge in [-0.1, -0.05) is 45.0 Å². The van der Waals surface area contributed by atoms with Crippen LogP contribution in [0, 0.1) is 13.8 Å². The lowest BCUT2D eigenvalue weighted by atomic mass is 9.85. The van der Waals surface area contributed by atoms with Crippen LogP contribution in [-0.2, 0) is 23.1 Å². The number of carbonyl (C=O) groups is 2. The van der Waals surface area contributed by atoms with Gasteiger partial charge in [-0.2, -0.15) is 0 Å². The number of Topliss-reactive ketones (excluding diaryl/α,β-unsaturated/α-hetero) is 1. The number of ether oxygens (including phenoxy) is 1. The number of rotatable bonds is 8. The summed E-state index contributed by atoms with van der Waals surface area (Å²) in [5.41, 5.74) is 6.79. The van der Waals surface area contributed by atoms with Crippen LogP contribution >= 0.6 is 0 Å². The summed E-state index contributed by atoms with van der Waals surface area (Å²) in [7, 11) is 1.56. The Labute approximate surface area is 224 Å². The van der Waals surface area contributed by atoms with Crippen molar-refractivity contribution in [2.75, 3.05) is 7.05 Å². The highest BCUT2D eigenvalue weighted by Crippen LogP contribution is 2.29. The molecular weight excluding hydrogens is 474 g/mol. The molecule has 6 nitrogen and oxygen atoms in total. The van der Waals surface area contributed by atoms with Crippen LogP contribution in [0.15, 0.2) is 72.9 Å². The molecule has 0 fully saturated rings. The third-order valence-electron chi connectivity index (χ3n) is 6.60. The summed E-state index contributed by atoms with van der Waals surface area (Å²) in [6.07, 6.45) is 2.22. The molecule has 2 aromatic heterocycles. The fourth-order valence-corrected chi connectivity index (χ4v) is 4.50. The van der Waals surface area contributed by atoms with E-state index in [9.17, 15) is 9.59 Å². The maximum atomic E-state index is 13.3. The first-order valence-corrected chi connectivity index (χ1v) is 12.8. The molecule has 0 unspecified atom stereocenters. The van der Waals surface area contributed by atoms with E-state index < -0.39 is 0 Å². The molecule has 6 heteroatoms. The van der Waals surface area contributed by atoms with Crippen molar-refractivity contribution < 1.29 is 14.3 Å². The zero-order chi connectivity index (χ0) is 27.4. The van der Waals surface area contributed by atoms with Gasteiger partial charge < -0.3 is 14.6 Å². The molecule has 0 saturated carbocycles. The Kier molecular flexibility index (Phi) is 7.81. The quantitative estimate of drug-likeness (QED) is 0.303. The number of amides is 1. The SMILES string of the molecule is CNC(=O)c1cc(Oc2ccc(CC(=O)Cc3cc(C(C)(C)C)ccc3-n3c(C)ccc3C)cc2)ccn1. The maximum absolute atomic E-state index is 13.3. The molecule has 196 valence electrons. The van der Waals surface area contributed by atoms with Crippen LogP contribution < -0.4 is 10.1 Å². The molecule has 0 aliphatic heterocycles. The van der Waals surface area contributed by atoms with Crippen LogP contribution in [0.4, 0.5) is 0 Å². The van der Waals surface area contributed by atoms with Gasteiger partial charge in [0.05, 0.1) is 0 Å². The minimum Gasteiger partial charge on any atom is -0.457 e. The molecule has 0 radical (unpaired) electrons. The van der Waals surface area contributed by atoms with Crippen LogP contribution in [0.25, 0.3) is 5.69 Å². The van der Waals surface area contributed by atoms with E-state index in [0.717, 1.165) is 28.2 Å². The average molecular weight is 510 g/mol. The van der Waals surface area contributed by atoms with Crippen molar-refractivity contribution in [1.82, 2.24) is 14.9 Å². The monoisotopic (exact) mass is 509 g/mol. The second-order valence-electron chi connectivity index (χ2n) is 10.6. The van der Waals surface area contributed by atoms with E-state index in [1.54, 1.807) is 19.2 Å². The Morgan fingerprint density at radius 3 is 2.18 bits per heavy atom. The van der Waals surface area contributed by atoms with Gasteiger partial charge in [-0.15, -0.1) is 0 Å². The molecule has 0 bridgehead atoms. The number of hydrogen-bond acceptors (Lipinski definition) is 4. The molecule has 38 heavy (non-hydrogen) atoms. The zero-order valence-electron chi connectivity index (χ0n) is 23.0. The third kappa shape index (κ3) is 6.20. The number of aryl methyl sites for hydroxylation is 2. The lowest BCUT2D eigenvalue weighted by Crippen LogP contribution is -2.18. The number of pyridine rings is 1. The minimum absolute atomic E-state index is 0.0111. The third-order valence-corrected chi connectivity index (χ3v) is 6.60. The van der Waals surface area contributed by atoms with Gasteiger partial charge in [0, 0.05) is 49.2 Å². The molecule has 0 spiro atoms. The van der Waals surface area contributed by atoms with Crippen molar-refractivity contribution in [3.63, 3.8) is 0 Å². The second-order valence-corrected chi connectivity index (χ2v) is 10.6. The van der Waals surface area contributed by atoms with Crippen LogP contribution in [-0.4, -0.2) is 28.3 Å². The van der Waals surface area contributed by atoms with Crippen molar-refractivity contribution >= 4 is 11.7 Å². The zero-order valence-corrected chi connectivity index (χ0v) is 23.0. The lowest BCUT2D eigenvalue weighted by Gasteiger charge is -2.22. The second kappa shape index (κ2) is 11.1. The summed E-state index contributed by atoms with van der Waals surface area (Å²) in [4.78, 5) is 29.1. The Balaban J connectivity index is 1.50. The number of hydrogen-bond donors (Lipinski definition) is 1. The van der Waals surface area contributed by atoms with Gasteiger partial charge in [0.15, 0.2) is 0 Å². The van der Waals surface area contributed by atoms with Crippen molar-refractivity contribution in [1.29, 1.82) is 0 Å². The predicted octanol–water partition coefficient (Wildman–Crippen LogP) is 6.29. The van der Waals surface area contributed by atoms with Gasteiger partial charge in [0.1, 0.15) is 23.0 Å². The largest absolute Gasteiger partial charge is 0.457 e. The first-order valence-electron chi connectivity index (χ1n) is 12.8. The van der Waals surface area contributed by atoms with Crippen molar-refractivity contribution in [2.45, 2.75) is 52.9 Å². The van der Waals surface area contributed by atoms with E-state index in [-0.39, 0.29) is 22.8 Å². The first-order chi connectivity index (χ1) is 18.0. The maximum Gasteiger partial charge on any atom is 0.269 e. The van der Waals surface area contributed by atoms with E-state index in [0.29, 0.717) is 24.3 Å². The van der Waals surface area contributed by atoms with Crippen molar-refractivity contribution in [3.05, 3.63) is 107 Å². The van der Waals surface area contributed by atoms with E-state index in [4.69, 9.17) is 4.74 Å². The summed E-state index contributed by atoms with van der Waals surface area (Å²) in [5.74, 6) is 1.01. The molecule has 0 aliphatic carbocycles. The number of carbonyl (C=O) groups excluding carboxylic acids is 2. The summed E-state index contributed by atoms with van der Waals surface area (Å²) >= 11 is 0. The molecule has 0 saturated heterocycles. The number of nitrogens with zero attached hydrogens (tertiary/aromatic N) is 2. The summed E-state index contributed by atoms with van der Waals surface area (Å²) < 4.78 is 8.10. The first kappa shape index (κ1) is 26.9. The van der Waals surface area contributed by atoms with E-state index >= 15 is 0 Å². The van der Waals surface area contributed by atoms with E-state index in [1.165, 1.54) is 11.8 Å². The van der Waals surface area contributed by atoms with Gasteiger partial charge in [-0.3, -0.25) is 14.6 Å². The molecule has 4 rings (SSSR count). The predicted molar refractivity (Wildman–Crippen MR) is 151 cm³/mol. The minimum atomic E-state index is -0.275. The Hall–Kier alpha value is -4.19. The van der Waals surface area contributed by atoms with E-state index in [1.807, 2.05) is 24.3 Å². The molecule has 0 atom stereocenters. The Morgan fingerprint density at radius 1 is 0.868 bits per heavy atom. The summed E-state index contributed by atoms with van der Waals surface area (Å²) in [6, 6.07) is 21.5. The standard InChI is InChI=1S/C32H35N3O3/c1-21-7-8-22(2)35(21)30-14-11-25(32(3,4)5)18-24(30)19-26(36)17-23-9-12-27(13-10-23)38-28-15-16-34-29(20-28)31(37)33-6/h7-16,18,20H,17,19H2,1-6H3,(H,33,37). The number of ketones is 1. The topological polar surface area (TPSA) is 73.2 Å². The van der Waals surface area contributed by atoms with Gasteiger partial charge in [-0.05, 0) is 72.4 Å². The summed E-state index contributed by atoms with van der Waals surface area (Å²) in [6.45, 7) is 10.7. The average Bonchev–Trinajstić information content (AvgIpc) is 3.21. The highest BCUT2D eigenvalue weighted by atomic mass is 16.5. The summed E-state index contributed by atoms with van der Waals surface area (Å²) in [5, 5.41) is 2.55. The molecule has 1 amide bonds. The van der Waals surface area contributed by atoms with E-state index in [2.05, 4.69) is 79.8 Å². The van der Waals surface area contributed by atoms with Crippen LogP contribution in [0.3, 0.4) is 0 Å². The Bertz CT molecular complexity index is 1440. The van der Waals surface area contributed by atoms with Gasteiger partial charge in [-0.25, -0.2) is 0 Å². The normalized spacial score (nSPS) is 11.3. The Morgan fingerprint density at radius 2 is 1.55 bits per heavy atom. The smallest absolute Gasteiger partial charge is 0.269 e. The van der Waals surface area contributed by atoms with Crippen molar-refractivity contribution in [2.24, 2.45) is 0 Å². The fourth-order valence-electron chi connectivity index (χ4n) is 4.50. The van der Waals surface area contributed by atoms with Gasteiger partial charge in [0.2, 0.25) is 0 Å². The highest BCUT2D eigenvalue weighted by Gasteiger charge is 2.19. The fraction of sp³-hybridized carbons (Fsp3) is 0.281. The lowest BCUT2D eigenvalue weighted by molar-refractivity contribution is -0.117. The molecular formula is C32H35N3O3. The number of aromatic nitrogens is 2. The highest BCUT2D eigenvalue weighted by molar-refractivity contribution is 5.92. The van der Waals surface area contributed by atoms with Crippen LogP contribution in [0.1, 0.15) is 59.3 Å². The number of benzene rings is 2. The molecule has 4 aromatic rings. The molecule has 2 heterocycles. The number of nitrogens with one attached hydrogen (secondary N) is 1. The van der Waals surface area contributed by atoms with Crippen LogP contribution in [0.2, 0.25) is 0 Å². The molecule has 1 N–H and O–H groups in total. The molecule has 0 aliphatic rings. The van der Waals surface area contributed by atoms with Crippen LogP contribution in [0.5, 0.6) is 11.5 Å². The van der Waals surface area contributed by atoms with Crippen molar-refractivity contribution in [3.8, 4) is 17.2 Å².